The number of nitrogens with one attached hydrogen (secondary N) is 1. The minimum Gasteiger partial charge on any atom is -0.616 e. The van der Waals surface area contributed by atoms with Gasteiger partial charge in [0.25, 0.3) is 0 Å². The Morgan fingerprint density at radius 2 is 1.73 bits per heavy atom. The lowest BCUT2D eigenvalue weighted by molar-refractivity contribution is -0.206. The summed E-state index contributed by atoms with van der Waals surface area (Å²) in [7, 11) is 1.09. The zero-order valence-electron chi connectivity index (χ0n) is 24.9. The van der Waals surface area contributed by atoms with Gasteiger partial charge < -0.3 is 24.9 Å². The number of methoxy groups -OCH3 is 1. The van der Waals surface area contributed by atoms with E-state index in [4.69, 9.17) is 20.4 Å². The zero-order valence-corrected chi connectivity index (χ0v) is 25.7. The van der Waals surface area contributed by atoms with Crippen LogP contribution in [0.1, 0.15) is 37.5 Å². The Kier molecular flexibility index (Phi) is 13.1. The number of ketones is 1. The van der Waals surface area contributed by atoms with Gasteiger partial charge in [0.05, 0.1) is 12.5 Å². The highest BCUT2D eigenvalue weighted by Crippen LogP contribution is 2.33. The Balaban J connectivity index is 0.000000900. The molecule has 1 saturated heterocycles. The third-order valence-electron chi connectivity index (χ3n) is 6.66. The van der Waals surface area contributed by atoms with E-state index in [1.54, 1.807) is 0 Å². The molecule has 45 heavy (non-hydrogen) atoms. The number of hydrogen-bond donors (Lipinski definition) is 3. The summed E-state index contributed by atoms with van der Waals surface area (Å²) in [5.41, 5.74) is 7.38. The number of nitrogens with two attached hydrogens (primary N) is 1. The van der Waals surface area contributed by atoms with Crippen LogP contribution in [0.4, 0.5) is 36.4 Å². The summed E-state index contributed by atoms with van der Waals surface area (Å²) in [6, 6.07) is 9.58. The number of carboxylic acid groups (broad SMARTS) is 1. The third-order valence-corrected chi connectivity index (χ3v) is 8.14. The lowest BCUT2D eigenvalue weighted by Gasteiger charge is -2.30. The molecule has 2 aromatic rings. The first-order chi connectivity index (χ1) is 20.6. The predicted molar refractivity (Wildman–Crippen MR) is 153 cm³/mol. The van der Waals surface area contributed by atoms with Gasteiger partial charge in [0.2, 0.25) is 6.10 Å². The van der Waals surface area contributed by atoms with Gasteiger partial charge in [-0.25, -0.2) is 9.18 Å². The minimum absolute atomic E-state index is 0.0171. The number of carboxylic acids is 1. The van der Waals surface area contributed by atoms with E-state index in [2.05, 4.69) is 36.9 Å². The van der Waals surface area contributed by atoms with Gasteiger partial charge in [-0.3, -0.25) is 10.1 Å². The largest absolute Gasteiger partial charge is 0.616 e. The number of rotatable bonds is 9. The summed E-state index contributed by atoms with van der Waals surface area (Å²) in [6.45, 7) is 5.91. The number of alkyl halides is 6. The van der Waals surface area contributed by atoms with Crippen molar-refractivity contribution < 1.29 is 59.5 Å². The van der Waals surface area contributed by atoms with Crippen LogP contribution >= 0.6 is 0 Å². The van der Waals surface area contributed by atoms with Crippen LogP contribution in [0.2, 0.25) is 0 Å². The Morgan fingerprint density at radius 3 is 2.27 bits per heavy atom. The van der Waals surface area contributed by atoms with Crippen molar-refractivity contribution in [3.05, 3.63) is 58.9 Å². The molecular weight excluding hydrogens is 637 g/mol. The molecule has 0 aliphatic carbocycles. The fourth-order valence-corrected chi connectivity index (χ4v) is 5.80. The van der Waals surface area contributed by atoms with Gasteiger partial charge in [0, 0.05) is 13.7 Å². The molecule has 4 N–H and O–H groups in total. The maximum atomic E-state index is 14.5. The molecule has 252 valence electrons. The fraction of sp³-hybridized carbons (Fsp3) is 0.517. The van der Waals surface area contributed by atoms with Gasteiger partial charge >= 0.3 is 18.3 Å². The molecule has 0 amide bonds. The number of ether oxygens (including phenoxy) is 2. The van der Waals surface area contributed by atoms with E-state index in [-0.39, 0.29) is 34.7 Å². The second-order valence-electron chi connectivity index (χ2n) is 11.4. The summed E-state index contributed by atoms with van der Waals surface area (Å²) in [5, 5.41) is 10.3. The van der Waals surface area contributed by atoms with E-state index in [1.165, 1.54) is 6.07 Å². The fourth-order valence-electron chi connectivity index (χ4n) is 4.28. The minimum atomic E-state index is -5.08. The zero-order chi connectivity index (χ0) is 34.3. The van der Waals surface area contributed by atoms with Crippen LogP contribution in [-0.2, 0) is 43.9 Å². The second-order valence-corrected chi connectivity index (χ2v) is 12.9. The van der Waals surface area contributed by atoms with E-state index < -0.39 is 71.4 Å². The first-order valence-corrected chi connectivity index (χ1v) is 14.9. The maximum Gasteiger partial charge on any atom is 0.490 e. The van der Waals surface area contributed by atoms with E-state index in [9.17, 15) is 40.1 Å². The third kappa shape index (κ3) is 11.7. The summed E-state index contributed by atoms with van der Waals surface area (Å²) in [4.78, 5) is 22.1. The molecule has 1 aliphatic heterocycles. The number of halogens is 7. The van der Waals surface area contributed by atoms with Crippen LogP contribution in [0.3, 0.4) is 0 Å². The monoisotopic (exact) mass is 672 g/mol. The molecule has 0 spiro atoms. The van der Waals surface area contributed by atoms with Crippen LogP contribution in [-0.4, -0.2) is 71.1 Å². The quantitative estimate of drug-likeness (QED) is 0.194. The normalized spacial score (nSPS) is 19.8. The van der Waals surface area contributed by atoms with Crippen LogP contribution < -0.4 is 15.8 Å². The molecule has 0 bridgehead atoms. The Labute approximate surface area is 258 Å². The van der Waals surface area contributed by atoms with Gasteiger partial charge in [0.1, 0.15) is 34.8 Å². The molecule has 0 aromatic heterocycles. The van der Waals surface area contributed by atoms with E-state index in [1.807, 2.05) is 18.2 Å². The van der Waals surface area contributed by atoms with Crippen molar-refractivity contribution in [1.29, 1.82) is 0 Å². The van der Waals surface area contributed by atoms with Gasteiger partial charge in [-0.1, -0.05) is 56.2 Å². The smallest absolute Gasteiger partial charge is 0.490 e. The summed E-state index contributed by atoms with van der Waals surface area (Å²) in [6.07, 6.45) is -12.2. The highest BCUT2D eigenvalue weighted by Gasteiger charge is 2.43. The highest BCUT2D eigenvalue weighted by molar-refractivity contribution is 7.91. The molecule has 2 aromatic carbocycles. The van der Waals surface area contributed by atoms with Crippen molar-refractivity contribution >= 4 is 28.6 Å². The lowest BCUT2D eigenvalue weighted by atomic mass is 9.86. The SMILES string of the molecule is COC[C@@H](Oc1cc(C[C@@H]2C[S@@+]([O-])C[C@H](NCc3cccc(C(C)(C)C)c3)C2=O)cc(F)c1N)C(F)(F)F.O=C(O)C(F)(F)F. The van der Waals surface area contributed by atoms with Crippen LogP contribution in [0.5, 0.6) is 5.75 Å². The summed E-state index contributed by atoms with van der Waals surface area (Å²) in [5.74, 6) is -4.87. The lowest BCUT2D eigenvalue weighted by Crippen LogP contribution is -2.51. The molecule has 8 nitrogen and oxygen atoms in total. The molecule has 0 radical (unpaired) electrons. The molecule has 3 rings (SSSR count). The molecule has 0 unspecified atom stereocenters. The highest BCUT2D eigenvalue weighted by atomic mass is 32.2. The van der Waals surface area contributed by atoms with Gasteiger partial charge in [-0.2, -0.15) is 26.3 Å². The van der Waals surface area contributed by atoms with Crippen molar-refractivity contribution in [3.63, 3.8) is 0 Å². The number of carbonyl (C=O) groups excluding carboxylic acids is 1. The van der Waals surface area contributed by atoms with Crippen molar-refractivity contribution in [2.24, 2.45) is 5.92 Å². The number of carbonyl (C=O) groups is 2. The number of benzene rings is 2. The van der Waals surface area contributed by atoms with Crippen LogP contribution in [0.15, 0.2) is 36.4 Å². The molecule has 1 heterocycles. The average Bonchev–Trinajstić information content (AvgIpc) is 2.91. The first-order valence-electron chi connectivity index (χ1n) is 13.4. The standard InChI is InChI=1S/C27H34F4N2O4S.C2HF3O2/c1-26(2,3)19-7-5-6-16(9-19)12-33-21-15-38(35)14-18(25(21)34)8-17-10-20(28)24(32)22(11-17)37-23(13-36-4)27(29,30)31;3-2(4,5)1(6)7/h5-7,9-11,18,21,23,33H,8,12-15,32H2,1-4H3;(H,6,7)/t18-,21+,23-,38-;/m1./s1. The van der Waals surface area contributed by atoms with E-state index in [0.29, 0.717) is 6.54 Å². The van der Waals surface area contributed by atoms with Crippen LogP contribution in [0.25, 0.3) is 0 Å². The number of aliphatic carboxylic acids is 1. The Morgan fingerprint density at radius 1 is 1.11 bits per heavy atom. The van der Waals surface area contributed by atoms with Crippen LogP contribution in [0, 0.1) is 11.7 Å². The van der Waals surface area contributed by atoms with Crippen molar-refractivity contribution in [3.8, 4) is 5.75 Å². The molecular formula is C29H35F7N2O6S. The topological polar surface area (TPSA) is 134 Å². The molecule has 4 atom stereocenters. The molecule has 1 fully saturated rings. The predicted octanol–water partition coefficient (Wildman–Crippen LogP) is 4.94. The summed E-state index contributed by atoms with van der Waals surface area (Å²) >= 11 is -1.31. The van der Waals surface area contributed by atoms with E-state index in [0.717, 1.165) is 24.3 Å². The van der Waals surface area contributed by atoms with Gasteiger partial charge in [-0.05, 0) is 40.7 Å². The number of anilines is 1. The first kappa shape index (κ1) is 38.1. The van der Waals surface area contributed by atoms with Crippen molar-refractivity contribution in [1.82, 2.24) is 5.32 Å². The molecule has 0 saturated carbocycles. The summed E-state index contributed by atoms with van der Waals surface area (Å²) < 4.78 is 108. The van der Waals surface area contributed by atoms with Gasteiger partial charge in [0.15, 0.2) is 5.78 Å². The number of Topliss-reactive ketones (excluding diaryl/α,β-unsaturated/α-hetero) is 1. The Hall–Kier alpha value is -3.08. The average molecular weight is 673 g/mol. The van der Waals surface area contributed by atoms with E-state index >= 15 is 0 Å². The number of hydrogen-bond acceptors (Lipinski definition) is 7. The van der Waals surface area contributed by atoms with Crippen molar-refractivity contribution in [2.45, 2.75) is 63.7 Å². The van der Waals surface area contributed by atoms with Crippen molar-refractivity contribution in [2.75, 3.05) is 31.0 Å². The maximum absolute atomic E-state index is 14.5. The number of nitrogen functional groups attached to an aromatic ring is 1. The Bertz CT molecular complexity index is 1320. The second kappa shape index (κ2) is 15.5. The van der Waals surface area contributed by atoms with Gasteiger partial charge in [-0.15, -0.1) is 0 Å². The molecule has 1 aliphatic rings. The molecule has 16 heteroatoms.